The third kappa shape index (κ3) is 2.92. The Balaban J connectivity index is 2.87. The number of nitrogens with zero attached hydrogens (tertiary/aromatic N) is 2. The summed E-state index contributed by atoms with van der Waals surface area (Å²) in [5.41, 5.74) is 0.595. The number of aromatic carboxylic acids is 1. The lowest BCUT2D eigenvalue weighted by Gasteiger charge is -2.17. The summed E-state index contributed by atoms with van der Waals surface area (Å²) in [6, 6.07) is 0. The van der Waals surface area contributed by atoms with Gasteiger partial charge in [-0.15, -0.1) is 0 Å². The van der Waals surface area contributed by atoms with E-state index in [0.29, 0.717) is 16.5 Å². The standard InChI is InChI=1S/C10H16N2O2S/c1-6(2)5-12(4)10-11-7(3)8(15-10)9(13)14/h6H,5H2,1-4H3,(H,13,14). The van der Waals surface area contributed by atoms with Gasteiger partial charge in [0.15, 0.2) is 5.13 Å². The maximum absolute atomic E-state index is 10.8. The first-order chi connectivity index (χ1) is 6.91. The van der Waals surface area contributed by atoms with Crippen molar-refractivity contribution in [2.75, 3.05) is 18.5 Å². The average molecular weight is 228 g/mol. The van der Waals surface area contributed by atoms with E-state index in [0.717, 1.165) is 11.7 Å². The molecule has 1 heterocycles. The van der Waals surface area contributed by atoms with Crippen LogP contribution in [0.2, 0.25) is 0 Å². The summed E-state index contributed by atoms with van der Waals surface area (Å²) in [6.07, 6.45) is 0. The van der Waals surface area contributed by atoms with Gasteiger partial charge in [-0.1, -0.05) is 25.2 Å². The second-order valence-electron chi connectivity index (χ2n) is 3.99. The highest BCUT2D eigenvalue weighted by Gasteiger charge is 2.16. The van der Waals surface area contributed by atoms with Crippen LogP contribution in [0.15, 0.2) is 0 Å². The van der Waals surface area contributed by atoms with Crippen molar-refractivity contribution in [2.24, 2.45) is 5.92 Å². The van der Waals surface area contributed by atoms with Crippen LogP contribution in [0.4, 0.5) is 5.13 Å². The highest BCUT2D eigenvalue weighted by atomic mass is 32.1. The molecule has 0 aromatic carbocycles. The van der Waals surface area contributed by atoms with E-state index < -0.39 is 5.97 Å². The molecular weight excluding hydrogens is 212 g/mol. The van der Waals surface area contributed by atoms with Crippen molar-refractivity contribution in [3.05, 3.63) is 10.6 Å². The molecule has 0 aliphatic heterocycles. The molecular formula is C10H16N2O2S. The summed E-state index contributed by atoms with van der Waals surface area (Å²) in [5, 5.41) is 9.67. The molecule has 1 aromatic heterocycles. The van der Waals surface area contributed by atoms with Gasteiger partial charge in [-0.2, -0.15) is 0 Å². The molecule has 1 aromatic rings. The lowest BCUT2D eigenvalue weighted by molar-refractivity contribution is 0.0701. The molecule has 0 fully saturated rings. The maximum atomic E-state index is 10.8. The number of aryl methyl sites for hydroxylation is 1. The molecule has 84 valence electrons. The molecule has 0 atom stereocenters. The average Bonchev–Trinajstić information content (AvgIpc) is 2.46. The zero-order chi connectivity index (χ0) is 11.6. The molecule has 0 bridgehead atoms. The van der Waals surface area contributed by atoms with Crippen LogP contribution < -0.4 is 4.90 Å². The Bertz CT molecular complexity index is 360. The number of thiazole rings is 1. The van der Waals surface area contributed by atoms with Crippen molar-refractivity contribution in [1.29, 1.82) is 0 Å². The second kappa shape index (κ2) is 4.61. The van der Waals surface area contributed by atoms with Crippen molar-refractivity contribution >= 4 is 22.4 Å². The first-order valence-electron chi connectivity index (χ1n) is 4.83. The number of aromatic nitrogens is 1. The fourth-order valence-corrected chi connectivity index (χ4v) is 2.25. The monoisotopic (exact) mass is 228 g/mol. The van der Waals surface area contributed by atoms with Crippen molar-refractivity contribution in [2.45, 2.75) is 20.8 Å². The molecule has 15 heavy (non-hydrogen) atoms. The van der Waals surface area contributed by atoms with Gasteiger partial charge in [0.05, 0.1) is 5.69 Å². The van der Waals surface area contributed by atoms with E-state index >= 15 is 0 Å². The number of rotatable bonds is 4. The summed E-state index contributed by atoms with van der Waals surface area (Å²) >= 11 is 1.23. The molecule has 0 spiro atoms. The minimum Gasteiger partial charge on any atom is -0.477 e. The van der Waals surface area contributed by atoms with Crippen molar-refractivity contribution < 1.29 is 9.90 Å². The van der Waals surface area contributed by atoms with Crippen LogP contribution in [-0.2, 0) is 0 Å². The van der Waals surface area contributed by atoms with Gasteiger partial charge in [-0.3, -0.25) is 0 Å². The molecule has 0 amide bonds. The number of anilines is 1. The zero-order valence-corrected chi connectivity index (χ0v) is 10.3. The highest BCUT2D eigenvalue weighted by Crippen LogP contribution is 2.25. The number of hydrogen-bond donors (Lipinski definition) is 1. The van der Waals surface area contributed by atoms with E-state index in [9.17, 15) is 4.79 Å². The van der Waals surface area contributed by atoms with E-state index in [1.54, 1.807) is 6.92 Å². The molecule has 0 saturated carbocycles. The number of carboxylic acids is 1. The van der Waals surface area contributed by atoms with Crippen LogP contribution in [0.25, 0.3) is 0 Å². The van der Waals surface area contributed by atoms with Gasteiger partial charge in [0, 0.05) is 13.6 Å². The van der Waals surface area contributed by atoms with Crippen LogP contribution in [0.3, 0.4) is 0 Å². The van der Waals surface area contributed by atoms with Gasteiger partial charge in [0.25, 0.3) is 0 Å². The number of hydrogen-bond acceptors (Lipinski definition) is 4. The topological polar surface area (TPSA) is 53.4 Å². The van der Waals surface area contributed by atoms with Gasteiger partial charge in [-0.25, -0.2) is 9.78 Å². The van der Waals surface area contributed by atoms with Crippen LogP contribution in [0, 0.1) is 12.8 Å². The third-order valence-electron chi connectivity index (χ3n) is 1.95. The van der Waals surface area contributed by atoms with Crippen LogP contribution in [-0.4, -0.2) is 29.7 Å². The van der Waals surface area contributed by atoms with Gasteiger partial charge < -0.3 is 10.0 Å². The van der Waals surface area contributed by atoms with E-state index in [1.165, 1.54) is 11.3 Å². The Hall–Kier alpha value is -1.10. The molecule has 4 nitrogen and oxygen atoms in total. The van der Waals surface area contributed by atoms with Crippen molar-refractivity contribution in [3.63, 3.8) is 0 Å². The normalized spacial score (nSPS) is 10.7. The molecule has 0 saturated heterocycles. The molecule has 0 aliphatic carbocycles. The summed E-state index contributed by atoms with van der Waals surface area (Å²) in [4.78, 5) is 17.4. The predicted molar refractivity (Wildman–Crippen MR) is 61.9 cm³/mol. The van der Waals surface area contributed by atoms with Gasteiger partial charge in [-0.05, 0) is 12.8 Å². The van der Waals surface area contributed by atoms with Gasteiger partial charge in [0.2, 0.25) is 0 Å². The summed E-state index contributed by atoms with van der Waals surface area (Å²) in [6.45, 7) is 6.85. The Morgan fingerprint density at radius 3 is 2.60 bits per heavy atom. The molecule has 1 rings (SSSR count). The Kier molecular flexibility index (Phi) is 3.68. The molecule has 0 radical (unpaired) electrons. The fraction of sp³-hybridized carbons (Fsp3) is 0.600. The Morgan fingerprint density at radius 2 is 2.20 bits per heavy atom. The Labute approximate surface area is 93.6 Å². The summed E-state index contributed by atoms with van der Waals surface area (Å²) < 4.78 is 0. The third-order valence-corrected chi connectivity index (χ3v) is 3.20. The van der Waals surface area contributed by atoms with E-state index in [2.05, 4.69) is 18.8 Å². The van der Waals surface area contributed by atoms with E-state index in [-0.39, 0.29) is 0 Å². The SMILES string of the molecule is Cc1nc(N(C)CC(C)C)sc1C(=O)O. The summed E-state index contributed by atoms with van der Waals surface area (Å²) in [5.74, 6) is -0.360. The van der Waals surface area contributed by atoms with Crippen molar-refractivity contribution in [1.82, 2.24) is 4.98 Å². The second-order valence-corrected chi connectivity index (χ2v) is 4.97. The first kappa shape index (κ1) is 12.0. The van der Waals surface area contributed by atoms with Gasteiger partial charge >= 0.3 is 5.97 Å². The number of carboxylic acid groups (broad SMARTS) is 1. The smallest absolute Gasteiger partial charge is 0.347 e. The molecule has 1 N–H and O–H groups in total. The number of carbonyl (C=O) groups is 1. The van der Waals surface area contributed by atoms with Crippen molar-refractivity contribution in [3.8, 4) is 0 Å². The summed E-state index contributed by atoms with van der Waals surface area (Å²) in [7, 11) is 1.93. The predicted octanol–water partition coefficient (Wildman–Crippen LogP) is 2.24. The fourth-order valence-electron chi connectivity index (χ4n) is 1.37. The van der Waals surface area contributed by atoms with Gasteiger partial charge in [0.1, 0.15) is 4.88 Å². The Morgan fingerprint density at radius 1 is 1.60 bits per heavy atom. The quantitative estimate of drug-likeness (QED) is 0.858. The molecule has 0 aliphatic rings. The highest BCUT2D eigenvalue weighted by molar-refractivity contribution is 7.17. The maximum Gasteiger partial charge on any atom is 0.347 e. The first-order valence-corrected chi connectivity index (χ1v) is 5.65. The molecule has 0 unspecified atom stereocenters. The minimum absolute atomic E-state index is 0.334. The lowest BCUT2D eigenvalue weighted by atomic mass is 10.2. The lowest BCUT2D eigenvalue weighted by Crippen LogP contribution is -2.22. The van der Waals surface area contributed by atoms with Crippen LogP contribution in [0.5, 0.6) is 0 Å². The molecule has 5 heteroatoms. The van der Waals surface area contributed by atoms with Crippen LogP contribution in [0.1, 0.15) is 29.2 Å². The van der Waals surface area contributed by atoms with Crippen LogP contribution >= 0.6 is 11.3 Å². The zero-order valence-electron chi connectivity index (χ0n) is 9.44. The minimum atomic E-state index is -0.894. The largest absolute Gasteiger partial charge is 0.477 e. The van der Waals surface area contributed by atoms with E-state index in [1.807, 2.05) is 11.9 Å². The van der Waals surface area contributed by atoms with E-state index in [4.69, 9.17) is 5.11 Å².